The molecule has 0 amide bonds. The van der Waals surface area contributed by atoms with Gasteiger partial charge in [0, 0.05) is 24.0 Å². The Morgan fingerprint density at radius 1 is 1.40 bits per heavy atom. The fraction of sp³-hybridized carbons (Fsp3) is 0.500. The first-order valence-corrected chi connectivity index (χ1v) is 9.37. The van der Waals surface area contributed by atoms with Crippen LogP contribution in [0.1, 0.15) is 26.2 Å². The Labute approximate surface area is 149 Å². The Morgan fingerprint density at radius 2 is 2.24 bits per heavy atom. The average Bonchev–Trinajstić information content (AvgIpc) is 3.29. The van der Waals surface area contributed by atoms with Crippen LogP contribution in [0.15, 0.2) is 21.4 Å². The summed E-state index contributed by atoms with van der Waals surface area (Å²) >= 11 is 1.35. The minimum Gasteiger partial charge on any atom is -0.397 e. The van der Waals surface area contributed by atoms with Gasteiger partial charge in [0.1, 0.15) is 5.84 Å². The van der Waals surface area contributed by atoms with Gasteiger partial charge in [0.15, 0.2) is 11.5 Å². The quantitative estimate of drug-likeness (QED) is 0.883. The first kappa shape index (κ1) is 16.2. The Balaban J connectivity index is 1.73. The first-order chi connectivity index (χ1) is 12.3. The normalized spacial score (nSPS) is 17.1. The second kappa shape index (κ2) is 6.93. The third kappa shape index (κ3) is 3.16. The molecular weight excluding hydrogens is 340 g/mol. The van der Waals surface area contributed by atoms with Gasteiger partial charge in [0.25, 0.3) is 5.19 Å². The van der Waals surface area contributed by atoms with Gasteiger partial charge in [-0.1, -0.05) is 18.3 Å². The van der Waals surface area contributed by atoms with E-state index >= 15 is 0 Å². The lowest BCUT2D eigenvalue weighted by atomic mass is 9.97. The van der Waals surface area contributed by atoms with Crippen LogP contribution in [0.25, 0.3) is 0 Å². The number of thiazole rings is 1. The highest BCUT2D eigenvalue weighted by Gasteiger charge is 2.30. The van der Waals surface area contributed by atoms with Crippen LogP contribution in [0.4, 0.5) is 11.5 Å². The maximum Gasteiger partial charge on any atom is 0.309 e. The van der Waals surface area contributed by atoms with Gasteiger partial charge in [-0.15, -0.1) is 0 Å². The second-order valence-corrected chi connectivity index (χ2v) is 6.89. The van der Waals surface area contributed by atoms with E-state index in [1.807, 2.05) is 9.95 Å². The van der Waals surface area contributed by atoms with Gasteiger partial charge in [-0.25, -0.2) is 15.3 Å². The van der Waals surface area contributed by atoms with E-state index in [0.29, 0.717) is 23.2 Å². The zero-order valence-electron chi connectivity index (χ0n) is 13.9. The summed E-state index contributed by atoms with van der Waals surface area (Å²) < 4.78 is 7.56. The highest BCUT2D eigenvalue weighted by atomic mass is 32.1. The largest absolute Gasteiger partial charge is 0.397 e. The van der Waals surface area contributed by atoms with Crippen LogP contribution in [0.5, 0.6) is 11.2 Å². The molecule has 0 unspecified atom stereocenters. The predicted molar refractivity (Wildman–Crippen MR) is 95.5 cm³/mol. The number of ether oxygens (including phenoxy) is 1. The molecule has 1 radical (unpaired) electrons. The fourth-order valence-corrected chi connectivity index (χ4v) is 3.56. The maximum atomic E-state index is 12.4. The molecule has 25 heavy (non-hydrogen) atoms. The molecule has 0 atom stereocenters. The van der Waals surface area contributed by atoms with Gasteiger partial charge >= 0.3 is 11.6 Å². The van der Waals surface area contributed by atoms with E-state index in [2.05, 4.69) is 27.5 Å². The van der Waals surface area contributed by atoms with E-state index < -0.39 is 5.56 Å². The molecule has 8 nitrogen and oxygen atoms in total. The smallest absolute Gasteiger partial charge is 0.309 e. The van der Waals surface area contributed by atoms with Gasteiger partial charge in [0.05, 0.1) is 0 Å². The maximum absolute atomic E-state index is 12.4. The molecular formula is C16H19N6O2S. The summed E-state index contributed by atoms with van der Waals surface area (Å²) in [5, 5.41) is 10.1. The molecule has 0 saturated carbocycles. The van der Waals surface area contributed by atoms with Gasteiger partial charge < -0.3 is 10.1 Å². The molecule has 2 aliphatic heterocycles. The molecule has 9 heteroatoms. The van der Waals surface area contributed by atoms with Gasteiger partial charge in [-0.05, 0) is 32.4 Å². The van der Waals surface area contributed by atoms with Crippen LogP contribution in [0.3, 0.4) is 0 Å². The molecule has 0 aliphatic carbocycles. The fourth-order valence-electron chi connectivity index (χ4n) is 3.08. The second-order valence-electron chi connectivity index (χ2n) is 6.03. The van der Waals surface area contributed by atoms with Gasteiger partial charge in [-0.2, -0.15) is 4.98 Å². The number of nitrogens with zero attached hydrogens (tertiary/aromatic N) is 5. The van der Waals surface area contributed by atoms with Crippen molar-refractivity contribution in [3.05, 3.63) is 21.9 Å². The van der Waals surface area contributed by atoms with Crippen molar-refractivity contribution in [1.29, 1.82) is 0 Å². The van der Waals surface area contributed by atoms with Crippen molar-refractivity contribution < 1.29 is 4.74 Å². The number of aliphatic imine (C=N–C) groups is 1. The zero-order valence-corrected chi connectivity index (χ0v) is 14.8. The predicted octanol–water partition coefficient (Wildman–Crippen LogP) is 2.18. The SMILES string of the molecule is CCCn1c(Oc2nccs2)nc(=O)c2c1N=C(C1CCNCC1)[N]2. The molecule has 1 saturated heterocycles. The van der Waals surface area contributed by atoms with E-state index in [9.17, 15) is 4.79 Å². The molecule has 2 aromatic heterocycles. The molecule has 2 aliphatic rings. The summed E-state index contributed by atoms with van der Waals surface area (Å²) in [6, 6.07) is 0.228. The highest BCUT2D eigenvalue weighted by Crippen LogP contribution is 2.34. The summed E-state index contributed by atoms with van der Waals surface area (Å²) in [6.07, 6.45) is 4.48. The van der Waals surface area contributed by atoms with Crippen LogP contribution >= 0.6 is 11.3 Å². The Hall–Kier alpha value is -2.26. The van der Waals surface area contributed by atoms with Gasteiger partial charge in [0.2, 0.25) is 0 Å². The van der Waals surface area contributed by atoms with E-state index in [0.717, 1.165) is 38.2 Å². The van der Waals surface area contributed by atoms with Crippen molar-refractivity contribution in [2.75, 3.05) is 13.1 Å². The molecule has 0 aromatic carbocycles. The van der Waals surface area contributed by atoms with Crippen LogP contribution in [0, 0.1) is 5.92 Å². The van der Waals surface area contributed by atoms with E-state index in [-0.39, 0.29) is 11.9 Å². The number of piperidine rings is 1. The zero-order chi connectivity index (χ0) is 17.2. The molecule has 0 bridgehead atoms. The van der Waals surface area contributed by atoms with Crippen LogP contribution in [-0.2, 0) is 6.54 Å². The van der Waals surface area contributed by atoms with Crippen LogP contribution in [-0.4, -0.2) is 33.5 Å². The lowest BCUT2D eigenvalue weighted by Gasteiger charge is -2.21. The van der Waals surface area contributed by atoms with Crippen molar-refractivity contribution in [2.24, 2.45) is 10.9 Å². The Bertz CT molecular complexity index is 839. The molecule has 4 heterocycles. The summed E-state index contributed by atoms with van der Waals surface area (Å²) in [5.41, 5.74) is -0.0740. The minimum absolute atomic E-state index is 0.228. The molecule has 131 valence electrons. The Kier molecular flexibility index (Phi) is 4.50. The highest BCUT2D eigenvalue weighted by molar-refractivity contribution is 7.11. The third-order valence-electron chi connectivity index (χ3n) is 4.28. The van der Waals surface area contributed by atoms with Crippen molar-refractivity contribution in [3.63, 3.8) is 0 Å². The topological polar surface area (TPSA) is 95.5 Å². The van der Waals surface area contributed by atoms with Crippen molar-refractivity contribution in [3.8, 4) is 11.2 Å². The molecule has 0 spiro atoms. The van der Waals surface area contributed by atoms with Crippen LogP contribution < -0.4 is 20.9 Å². The molecule has 1 fully saturated rings. The third-order valence-corrected chi connectivity index (χ3v) is 4.93. The molecule has 2 aromatic rings. The summed E-state index contributed by atoms with van der Waals surface area (Å²) in [5.74, 6) is 1.58. The average molecular weight is 359 g/mol. The van der Waals surface area contributed by atoms with Crippen molar-refractivity contribution in [2.45, 2.75) is 32.7 Å². The minimum atomic E-state index is -0.401. The monoisotopic (exact) mass is 359 g/mol. The summed E-state index contributed by atoms with van der Waals surface area (Å²) in [4.78, 5) is 25.3. The lowest BCUT2D eigenvalue weighted by Crippen LogP contribution is -2.34. The van der Waals surface area contributed by atoms with E-state index in [4.69, 9.17) is 9.73 Å². The number of hydrogen-bond acceptors (Lipinski definition) is 7. The standard InChI is InChI=1S/C16H19N6O2S/c1-2-8-22-13-11(19-12(20-13)10-3-5-17-6-4-10)14(23)21-15(22)24-16-18-7-9-25-16/h7,9-10,17H,2-6,8H2,1H3. The number of nitrogens with one attached hydrogen (secondary N) is 1. The number of amidine groups is 1. The van der Waals surface area contributed by atoms with Crippen molar-refractivity contribution in [1.82, 2.24) is 25.2 Å². The number of hydrogen-bond donors (Lipinski definition) is 1. The lowest BCUT2D eigenvalue weighted by molar-refractivity contribution is 0.398. The number of rotatable bonds is 5. The van der Waals surface area contributed by atoms with E-state index in [1.165, 1.54) is 11.3 Å². The summed E-state index contributed by atoms with van der Waals surface area (Å²) in [7, 11) is 0. The van der Waals surface area contributed by atoms with Crippen LogP contribution in [0.2, 0.25) is 0 Å². The van der Waals surface area contributed by atoms with Crippen molar-refractivity contribution >= 4 is 28.7 Å². The Morgan fingerprint density at radius 3 is 2.96 bits per heavy atom. The number of fused-ring (bicyclic) bond motifs is 1. The van der Waals surface area contributed by atoms with Gasteiger partial charge in [-0.3, -0.25) is 9.36 Å². The summed E-state index contributed by atoms with van der Waals surface area (Å²) in [6.45, 7) is 4.60. The molecule has 1 N–H and O–H groups in total. The first-order valence-electron chi connectivity index (χ1n) is 8.49. The molecule has 4 rings (SSSR count). The van der Waals surface area contributed by atoms with E-state index in [1.54, 1.807) is 6.20 Å². The number of aromatic nitrogens is 3.